The molecular weight excluding hydrogens is 735 g/mol. The molecule has 11 aromatic rings. The molecule has 0 amide bonds. The lowest BCUT2D eigenvalue weighted by atomic mass is 9.84. The first kappa shape index (κ1) is 33.9. The van der Waals surface area contributed by atoms with Gasteiger partial charge < -0.3 is 9.15 Å². The van der Waals surface area contributed by atoms with Gasteiger partial charge in [-0.3, -0.25) is 0 Å². The number of fused-ring (bicyclic) bond motifs is 5. The second-order valence-corrected chi connectivity index (χ2v) is 15.1. The highest BCUT2D eigenvalue weighted by atomic mass is 16.5. The first-order valence-electron chi connectivity index (χ1n) is 20.1. The van der Waals surface area contributed by atoms with Crippen LogP contribution in [0, 0.1) is 0 Å². The third kappa shape index (κ3) is 5.52. The number of aromatic nitrogens is 3. The lowest BCUT2D eigenvalue weighted by Gasteiger charge is -2.25. The highest BCUT2D eigenvalue weighted by Gasteiger charge is 2.27. The molecule has 60 heavy (non-hydrogen) atoms. The van der Waals surface area contributed by atoms with E-state index < -0.39 is 0 Å². The summed E-state index contributed by atoms with van der Waals surface area (Å²) >= 11 is 0. The Balaban J connectivity index is 1.18. The molecule has 0 spiro atoms. The van der Waals surface area contributed by atoms with E-state index in [4.69, 9.17) is 24.1 Å². The molecule has 0 saturated carbocycles. The largest absolute Gasteiger partial charge is 0.455 e. The lowest BCUT2D eigenvalue weighted by Crippen LogP contribution is -2.03. The Hall–Kier alpha value is -8.15. The first-order chi connectivity index (χ1) is 29.7. The van der Waals surface area contributed by atoms with Crippen molar-refractivity contribution in [2.24, 2.45) is 0 Å². The van der Waals surface area contributed by atoms with Crippen LogP contribution in [0.4, 0.5) is 0 Å². The van der Waals surface area contributed by atoms with Crippen LogP contribution in [0.2, 0.25) is 0 Å². The molecule has 3 heterocycles. The molecule has 0 aliphatic carbocycles. The van der Waals surface area contributed by atoms with Crippen molar-refractivity contribution in [3.05, 3.63) is 200 Å². The number of furan rings is 1. The summed E-state index contributed by atoms with van der Waals surface area (Å²) in [6.07, 6.45) is 0. The highest BCUT2D eigenvalue weighted by molar-refractivity contribution is 6.10. The van der Waals surface area contributed by atoms with E-state index in [1.807, 2.05) is 66.7 Å². The van der Waals surface area contributed by atoms with E-state index in [9.17, 15) is 0 Å². The second-order valence-electron chi connectivity index (χ2n) is 15.1. The zero-order valence-electron chi connectivity index (χ0n) is 32.2. The smallest absolute Gasteiger partial charge is 0.167 e. The van der Waals surface area contributed by atoms with Crippen molar-refractivity contribution in [3.63, 3.8) is 0 Å². The molecule has 9 aromatic carbocycles. The maximum Gasteiger partial charge on any atom is 0.167 e. The van der Waals surface area contributed by atoms with Gasteiger partial charge in [-0.05, 0) is 63.5 Å². The molecule has 1 aliphatic rings. The van der Waals surface area contributed by atoms with Gasteiger partial charge in [0, 0.05) is 44.0 Å². The maximum absolute atomic E-state index is 6.99. The van der Waals surface area contributed by atoms with E-state index in [0.717, 1.165) is 105 Å². The van der Waals surface area contributed by atoms with E-state index in [0.29, 0.717) is 17.5 Å². The van der Waals surface area contributed by atoms with Crippen LogP contribution in [0.3, 0.4) is 0 Å². The van der Waals surface area contributed by atoms with E-state index in [1.54, 1.807) is 0 Å². The van der Waals surface area contributed by atoms with Crippen molar-refractivity contribution in [3.8, 4) is 90.2 Å². The van der Waals surface area contributed by atoms with Crippen molar-refractivity contribution >= 4 is 32.7 Å². The van der Waals surface area contributed by atoms with Crippen LogP contribution in [0.15, 0.2) is 205 Å². The molecule has 5 nitrogen and oxygen atoms in total. The Labute approximate surface area is 345 Å². The van der Waals surface area contributed by atoms with Gasteiger partial charge in [0.1, 0.15) is 22.7 Å². The Morgan fingerprint density at radius 3 is 1.68 bits per heavy atom. The summed E-state index contributed by atoms with van der Waals surface area (Å²) in [6.45, 7) is 0. The molecule has 12 rings (SSSR count). The van der Waals surface area contributed by atoms with Crippen molar-refractivity contribution in [2.45, 2.75) is 0 Å². The van der Waals surface area contributed by atoms with Crippen LogP contribution in [-0.4, -0.2) is 15.0 Å². The molecule has 1 aliphatic heterocycles. The minimum Gasteiger partial charge on any atom is -0.455 e. The zero-order chi connectivity index (χ0) is 39.6. The Bertz CT molecular complexity index is 3450. The highest BCUT2D eigenvalue weighted by Crippen LogP contribution is 2.53. The van der Waals surface area contributed by atoms with E-state index >= 15 is 0 Å². The van der Waals surface area contributed by atoms with Gasteiger partial charge in [0.15, 0.2) is 17.5 Å². The van der Waals surface area contributed by atoms with Gasteiger partial charge >= 0.3 is 0 Å². The third-order valence-corrected chi connectivity index (χ3v) is 11.5. The van der Waals surface area contributed by atoms with Gasteiger partial charge in [-0.25, -0.2) is 15.0 Å². The van der Waals surface area contributed by atoms with Crippen molar-refractivity contribution in [2.75, 3.05) is 0 Å². The van der Waals surface area contributed by atoms with Crippen LogP contribution in [0.25, 0.3) is 111 Å². The van der Waals surface area contributed by atoms with E-state index in [-0.39, 0.29) is 0 Å². The molecule has 0 unspecified atom stereocenters. The number of nitrogens with zero attached hydrogens (tertiary/aromatic N) is 3. The fraction of sp³-hybridized carbons (Fsp3) is 0. The molecule has 2 aromatic heterocycles. The van der Waals surface area contributed by atoms with Crippen LogP contribution in [0.5, 0.6) is 11.5 Å². The summed E-state index contributed by atoms with van der Waals surface area (Å²) in [4.78, 5) is 15.9. The predicted molar refractivity (Wildman–Crippen MR) is 243 cm³/mol. The van der Waals surface area contributed by atoms with Crippen LogP contribution in [-0.2, 0) is 0 Å². The van der Waals surface area contributed by atoms with E-state index in [1.165, 1.54) is 0 Å². The fourth-order valence-corrected chi connectivity index (χ4v) is 8.80. The quantitative estimate of drug-likeness (QED) is 0.169. The summed E-state index contributed by atoms with van der Waals surface area (Å²) in [5, 5.41) is 4.33. The lowest BCUT2D eigenvalue weighted by molar-refractivity contribution is 0.489. The monoisotopic (exact) mass is 767 g/mol. The van der Waals surface area contributed by atoms with Gasteiger partial charge in [-0.2, -0.15) is 0 Å². The minimum atomic E-state index is 0.527. The first-order valence-corrected chi connectivity index (χ1v) is 20.1. The van der Waals surface area contributed by atoms with Gasteiger partial charge in [0.2, 0.25) is 0 Å². The second kappa shape index (κ2) is 13.8. The SMILES string of the molecule is c1ccc(-c2cc(-c3nc(-c4ccccc4)nc(-c4cccc5c4oc4ccccc45)n3)c(-c3ccccc3)c(-c3cccc4c3Oc3cccc5cccc-4c35)c2)cc1. The van der Waals surface area contributed by atoms with Crippen molar-refractivity contribution in [1.82, 2.24) is 15.0 Å². The molecular formula is C55H33N3O2. The summed E-state index contributed by atoms with van der Waals surface area (Å²) in [6, 6.07) is 69.2. The number of rotatable bonds is 6. The van der Waals surface area contributed by atoms with Gasteiger partial charge in [-0.15, -0.1) is 0 Å². The topological polar surface area (TPSA) is 61.0 Å². The summed E-state index contributed by atoms with van der Waals surface area (Å²) in [5.74, 6) is 3.30. The van der Waals surface area contributed by atoms with Crippen LogP contribution >= 0.6 is 0 Å². The van der Waals surface area contributed by atoms with Gasteiger partial charge in [0.05, 0.1) is 5.56 Å². The normalized spacial score (nSPS) is 11.8. The Morgan fingerprint density at radius 1 is 0.350 bits per heavy atom. The average Bonchev–Trinajstić information content (AvgIpc) is 3.71. The minimum absolute atomic E-state index is 0.527. The van der Waals surface area contributed by atoms with Gasteiger partial charge in [0.25, 0.3) is 0 Å². The standard InChI is InChI=1S/C55H33N3O2/c1-4-16-34(17-5-1)38-32-45(43-28-14-27-42-40-25-12-22-36-23-13-31-48(50(36)40)60-51(42)43)49(35-18-6-2-7-19-35)46(33-38)55-57-53(37-20-8-3-9-21-37)56-54(58-55)44-29-15-26-41-39-24-10-11-30-47(39)59-52(41)44/h1-33H. The van der Waals surface area contributed by atoms with Crippen LogP contribution < -0.4 is 4.74 Å². The van der Waals surface area contributed by atoms with Crippen molar-refractivity contribution < 1.29 is 9.15 Å². The predicted octanol–water partition coefficient (Wildman–Crippen LogP) is 14.7. The summed E-state index contributed by atoms with van der Waals surface area (Å²) in [5.41, 5.74) is 12.4. The molecule has 5 heteroatoms. The molecule has 0 atom stereocenters. The molecule has 0 saturated heterocycles. The Morgan fingerprint density at radius 2 is 0.900 bits per heavy atom. The molecule has 0 radical (unpaired) electrons. The van der Waals surface area contributed by atoms with E-state index in [2.05, 4.69) is 133 Å². The van der Waals surface area contributed by atoms with Gasteiger partial charge in [-0.1, -0.05) is 170 Å². The zero-order valence-corrected chi connectivity index (χ0v) is 32.2. The molecule has 280 valence electrons. The van der Waals surface area contributed by atoms with Crippen molar-refractivity contribution in [1.29, 1.82) is 0 Å². The average molecular weight is 768 g/mol. The summed E-state index contributed by atoms with van der Waals surface area (Å²) < 4.78 is 13.5. The molecule has 0 bridgehead atoms. The number of ether oxygens (including phenoxy) is 1. The fourth-order valence-electron chi connectivity index (χ4n) is 8.80. The van der Waals surface area contributed by atoms with Crippen LogP contribution in [0.1, 0.15) is 0 Å². The Kier molecular flexibility index (Phi) is 7.78. The molecule has 0 N–H and O–H groups in total. The maximum atomic E-state index is 6.99. The number of hydrogen-bond donors (Lipinski definition) is 0. The number of hydrogen-bond acceptors (Lipinski definition) is 5. The molecule has 0 fully saturated rings. The number of para-hydroxylation sites is 3. The third-order valence-electron chi connectivity index (χ3n) is 11.5. The summed E-state index contributed by atoms with van der Waals surface area (Å²) in [7, 11) is 0. The number of benzene rings is 9.